The minimum absolute atomic E-state index is 0.217. The van der Waals surface area contributed by atoms with Crippen LogP contribution in [-0.4, -0.2) is 38.8 Å². The van der Waals surface area contributed by atoms with Gasteiger partial charge >= 0.3 is 5.97 Å². The molecule has 0 bridgehead atoms. The molecule has 1 saturated heterocycles. The minimum Gasteiger partial charge on any atom is -0.468 e. The summed E-state index contributed by atoms with van der Waals surface area (Å²) in [5.41, 5.74) is -0.969. The fourth-order valence-corrected chi connectivity index (χ4v) is 5.16. The minimum atomic E-state index is -3.47. The van der Waals surface area contributed by atoms with E-state index in [0.717, 1.165) is 0 Å². The van der Waals surface area contributed by atoms with E-state index in [9.17, 15) is 18.0 Å². The van der Waals surface area contributed by atoms with Crippen molar-refractivity contribution in [2.45, 2.75) is 12.8 Å². The second-order valence-electron chi connectivity index (χ2n) is 5.04. The first-order valence-corrected chi connectivity index (χ1v) is 8.00. The first-order valence-electron chi connectivity index (χ1n) is 6.18. The van der Waals surface area contributed by atoms with Gasteiger partial charge in [-0.25, -0.2) is 8.42 Å². The van der Waals surface area contributed by atoms with Crippen LogP contribution in [0.3, 0.4) is 0 Å². The molecule has 0 amide bonds. The molecule has 1 aromatic rings. The molecule has 6 heteroatoms. The first kappa shape index (κ1) is 14.7. The Morgan fingerprint density at radius 2 is 1.85 bits per heavy atom. The van der Waals surface area contributed by atoms with Gasteiger partial charge in [-0.15, -0.1) is 0 Å². The lowest BCUT2D eigenvalue weighted by molar-refractivity contribution is -0.156. The summed E-state index contributed by atoms with van der Waals surface area (Å²) >= 11 is 0. The van der Waals surface area contributed by atoms with Gasteiger partial charge in [0.15, 0.2) is 9.84 Å². The zero-order chi connectivity index (χ0) is 15.0. The third-order valence-electron chi connectivity index (χ3n) is 3.84. The lowest BCUT2D eigenvalue weighted by atomic mass is 9.72. The molecule has 2 atom stereocenters. The second-order valence-corrected chi connectivity index (χ2v) is 7.15. The lowest BCUT2D eigenvalue weighted by Crippen LogP contribution is -2.44. The topological polar surface area (TPSA) is 77.5 Å². The summed E-state index contributed by atoms with van der Waals surface area (Å²) in [6.07, 6.45) is 0. The second kappa shape index (κ2) is 5.01. The zero-order valence-electron chi connectivity index (χ0n) is 11.3. The molecule has 20 heavy (non-hydrogen) atoms. The summed E-state index contributed by atoms with van der Waals surface area (Å²) < 4.78 is 28.7. The van der Waals surface area contributed by atoms with Crippen molar-refractivity contribution >= 4 is 21.6 Å². The number of benzene rings is 1. The maximum absolute atomic E-state index is 12.1. The average molecular weight is 296 g/mol. The largest absolute Gasteiger partial charge is 0.468 e. The van der Waals surface area contributed by atoms with Crippen molar-refractivity contribution in [3.8, 4) is 0 Å². The maximum atomic E-state index is 12.1. The molecular weight excluding hydrogens is 280 g/mol. The number of rotatable bonds is 3. The molecule has 5 nitrogen and oxygen atoms in total. The van der Waals surface area contributed by atoms with Crippen LogP contribution in [0.2, 0.25) is 0 Å². The average Bonchev–Trinajstić information content (AvgIpc) is 2.72. The standard InChI is InChI=1S/C14H16O5S/c1-10(15)14(13(16)19-2)9-20(17,18)8-12(14)11-6-4-3-5-7-11/h3-7,12H,8-9H2,1-2H3. The molecule has 0 spiro atoms. The van der Waals surface area contributed by atoms with Crippen molar-refractivity contribution in [3.05, 3.63) is 35.9 Å². The van der Waals surface area contributed by atoms with Crippen molar-refractivity contribution in [2.24, 2.45) is 5.41 Å². The molecular formula is C14H16O5S. The van der Waals surface area contributed by atoms with E-state index in [1.54, 1.807) is 30.3 Å². The Kier molecular flexibility index (Phi) is 3.69. The number of methoxy groups -OCH3 is 1. The molecule has 0 aliphatic carbocycles. The highest BCUT2D eigenvalue weighted by molar-refractivity contribution is 7.91. The van der Waals surface area contributed by atoms with Crippen molar-refractivity contribution < 1.29 is 22.7 Å². The highest BCUT2D eigenvalue weighted by Crippen LogP contribution is 2.46. The molecule has 1 aliphatic rings. The summed E-state index contributed by atoms with van der Waals surface area (Å²) in [6.45, 7) is 1.24. The van der Waals surface area contributed by atoms with Crippen LogP contribution in [-0.2, 0) is 24.2 Å². The SMILES string of the molecule is COC(=O)C1(C(C)=O)CS(=O)(=O)CC1c1ccccc1. The quantitative estimate of drug-likeness (QED) is 0.613. The smallest absolute Gasteiger partial charge is 0.321 e. The number of hydrogen-bond donors (Lipinski definition) is 0. The van der Waals surface area contributed by atoms with Crippen molar-refractivity contribution in [3.63, 3.8) is 0 Å². The predicted molar refractivity (Wildman–Crippen MR) is 73.0 cm³/mol. The van der Waals surface area contributed by atoms with Gasteiger partial charge in [0.1, 0.15) is 11.2 Å². The summed E-state index contributed by atoms with van der Waals surface area (Å²) in [5.74, 6) is -2.65. The van der Waals surface area contributed by atoms with Crippen LogP contribution in [0.25, 0.3) is 0 Å². The normalized spacial score (nSPS) is 28.0. The number of esters is 1. The highest BCUT2D eigenvalue weighted by atomic mass is 32.2. The third-order valence-corrected chi connectivity index (χ3v) is 5.58. The van der Waals surface area contributed by atoms with Crippen LogP contribution in [0.15, 0.2) is 30.3 Å². The van der Waals surface area contributed by atoms with Crippen LogP contribution >= 0.6 is 0 Å². The molecule has 2 rings (SSSR count). The Labute approximate surface area is 117 Å². The van der Waals surface area contributed by atoms with Gasteiger partial charge in [-0.1, -0.05) is 30.3 Å². The monoisotopic (exact) mass is 296 g/mol. The Balaban J connectivity index is 2.63. The number of hydrogen-bond acceptors (Lipinski definition) is 5. The van der Waals surface area contributed by atoms with E-state index in [-0.39, 0.29) is 5.75 Å². The molecule has 1 aliphatic heterocycles. The fraction of sp³-hybridized carbons (Fsp3) is 0.429. The van der Waals surface area contributed by atoms with Gasteiger partial charge in [-0.05, 0) is 12.5 Å². The summed E-state index contributed by atoms with van der Waals surface area (Å²) in [7, 11) is -2.31. The lowest BCUT2D eigenvalue weighted by Gasteiger charge is -2.28. The van der Waals surface area contributed by atoms with Gasteiger partial charge < -0.3 is 4.74 Å². The van der Waals surface area contributed by atoms with Gasteiger partial charge in [0.2, 0.25) is 0 Å². The number of sulfone groups is 1. The molecule has 0 radical (unpaired) electrons. The Hall–Kier alpha value is -1.69. The predicted octanol–water partition coefficient (Wildman–Crippen LogP) is 0.947. The number of carbonyl (C=O) groups excluding carboxylic acids is 2. The van der Waals surface area contributed by atoms with Crippen LogP contribution in [0, 0.1) is 5.41 Å². The molecule has 1 heterocycles. The Morgan fingerprint density at radius 3 is 2.35 bits per heavy atom. The van der Waals surface area contributed by atoms with E-state index < -0.39 is 38.7 Å². The third kappa shape index (κ3) is 2.24. The van der Waals surface area contributed by atoms with Gasteiger partial charge in [0.25, 0.3) is 0 Å². The van der Waals surface area contributed by atoms with Crippen LogP contribution in [0.5, 0.6) is 0 Å². The van der Waals surface area contributed by atoms with Gasteiger partial charge in [0, 0.05) is 5.92 Å². The van der Waals surface area contributed by atoms with E-state index in [0.29, 0.717) is 5.56 Å². The summed E-state index contributed by atoms with van der Waals surface area (Å²) in [6, 6.07) is 8.75. The van der Waals surface area contributed by atoms with Crippen LogP contribution in [0.4, 0.5) is 0 Å². The summed E-state index contributed by atoms with van der Waals surface area (Å²) in [5, 5.41) is 0. The molecule has 1 aromatic carbocycles. The van der Waals surface area contributed by atoms with Gasteiger partial charge in [0.05, 0.1) is 18.6 Å². The van der Waals surface area contributed by atoms with Crippen LogP contribution in [0.1, 0.15) is 18.4 Å². The molecule has 108 valence electrons. The highest BCUT2D eigenvalue weighted by Gasteiger charge is 2.60. The van der Waals surface area contributed by atoms with Crippen molar-refractivity contribution in [1.29, 1.82) is 0 Å². The maximum Gasteiger partial charge on any atom is 0.321 e. The van der Waals surface area contributed by atoms with Crippen molar-refractivity contribution in [2.75, 3.05) is 18.6 Å². The number of ether oxygens (including phenoxy) is 1. The number of ketones is 1. The molecule has 0 N–H and O–H groups in total. The molecule has 2 unspecified atom stereocenters. The fourth-order valence-electron chi connectivity index (χ4n) is 2.84. The first-order chi connectivity index (χ1) is 9.33. The van der Waals surface area contributed by atoms with E-state index in [2.05, 4.69) is 0 Å². The Bertz CT molecular complexity index is 635. The zero-order valence-corrected chi connectivity index (χ0v) is 12.1. The van der Waals surface area contributed by atoms with E-state index >= 15 is 0 Å². The van der Waals surface area contributed by atoms with E-state index in [1.807, 2.05) is 0 Å². The number of Topliss-reactive ketones (excluding diaryl/α,β-unsaturated/α-hetero) is 1. The van der Waals surface area contributed by atoms with Crippen molar-refractivity contribution in [1.82, 2.24) is 0 Å². The molecule has 0 aromatic heterocycles. The molecule has 0 saturated carbocycles. The summed E-state index contributed by atoms with van der Waals surface area (Å²) in [4.78, 5) is 24.2. The number of carbonyl (C=O) groups is 2. The Morgan fingerprint density at radius 1 is 1.25 bits per heavy atom. The van der Waals surface area contributed by atoms with Crippen LogP contribution < -0.4 is 0 Å². The van der Waals surface area contributed by atoms with E-state index in [4.69, 9.17) is 4.74 Å². The van der Waals surface area contributed by atoms with Gasteiger partial charge in [-0.3, -0.25) is 9.59 Å². The van der Waals surface area contributed by atoms with Gasteiger partial charge in [-0.2, -0.15) is 0 Å². The molecule has 1 fully saturated rings. The van der Waals surface area contributed by atoms with E-state index in [1.165, 1.54) is 14.0 Å².